The van der Waals surface area contributed by atoms with Crippen molar-refractivity contribution in [1.82, 2.24) is 14.9 Å². The molecular formula is C24H29F2N3O. The fourth-order valence-corrected chi connectivity index (χ4v) is 4.74. The highest BCUT2D eigenvalue weighted by Gasteiger charge is 2.61. The highest BCUT2D eigenvalue weighted by Crippen LogP contribution is 2.60. The molecule has 2 fully saturated rings. The largest absolute Gasteiger partial charge is 0.342 e. The number of aromatic nitrogens is 2. The van der Waals surface area contributed by atoms with Gasteiger partial charge in [-0.1, -0.05) is 25.5 Å². The van der Waals surface area contributed by atoms with E-state index in [4.69, 9.17) is 0 Å². The van der Waals surface area contributed by atoms with Crippen molar-refractivity contribution in [2.24, 2.45) is 17.3 Å². The minimum absolute atomic E-state index is 0.0333. The number of amides is 1. The monoisotopic (exact) mass is 413 g/mol. The first-order valence-electron chi connectivity index (χ1n) is 10.6. The molecule has 160 valence electrons. The van der Waals surface area contributed by atoms with Gasteiger partial charge in [-0.25, -0.2) is 13.8 Å². The summed E-state index contributed by atoms with van der Waals surface area (Å²) in [6.07, 6.45) is 5.59. The zero-order valence-electron chi connectivity index (χ0n) is 18.0. The van der Waals surface area contributed by atoms with Gasteiger partial charge in [0.25, 0.3) is 0 Å². The van der Waals surface area contributed by atoms with Crippen LogP contribution in [0, 0.1) is 28.9 Å². The van der Waals surface area contributed by atoms with Crippen molar-refractivity contribution in [3.8, 4) is 11.3 Å². The Kier molecular flexibility index (Phi) is 5.28. The molecule has 30 heavy (non-hydrogen) atoms. The Labute approximate surface area is 176 Å². The first kappa shape index (κ1) is 20.8. The van der Waals surface area contributed by atoms with E-state index in [1.54, 1.807) is 6.20 Å². The minimum atomic E-state index is -0.870. The number of halogens is 2. The van der Waals surface area contributed by atoms with Crippen LogP contribution < -0.4 is 0 Å². The van der Waals surface area contributed by atoms with E-state index >= 15 is 0 Å². The predicted molar refractivity (Wildman–Crippen MR) is 113 cm³/mol. The van der Waals surface area contributed by atoms with Gasteiger partial charge in [-0.3, -0.25) is 4.79 Å². The zero-order valence-corrected chi connectivity index (χ0v) is 18.0. The van der Waals surface area contributed by atoms with E-state index in [0.717, 1.165) is 37.8 Å². The number of carbonyl (C=O) groups is 1. The summed E-state index contributed by atoms with van der Waals surface area (Å²) in [4.78, 5) is 22.8. The molecule has 1 aliphatic heterocycles. The molecule has 2 aliphatic rings. The molecule has 1 aromatic heterocycles. The lowest BCUT2D eigenvalue weighted by Crippen LogP contribution is -2.39. The lowest BCUT2D eigenvalue weighted by molar-refractivity contribution is -0.134. The quantitative estimate of drug-likeness (QED) is 0.692. The number of carbonyl (C=O) groups excluding carboxylic acids is 1. The van der Waals surface area contributed by atoms with E-state index in [9.17, 15) is 13.6 Å². The second-order valence-electron chi connectivity index (χ2n) is 9.48. The molecule has 1 saturated heterocycles. The summed E-state index contributed by atoms with van der Waals surface area (Å²) < 4.78 is 26.7. The number of hydrogen-bond donors (Lipinski definition) is 1. The summed E-state index contributed by atoms with van der Waals surface area (Å²) in [7, 11) is 0. The van der Waals surface area contributed by atoms with E-state index in [1.165, 1.54) is 17.7 Å². The van der Waals surface area contributed by atoms with Crippen molar-refractivity contribution < 1.29 is 13.6 Å². The van der Waals surface area contributed by atoms with Crippen LogP contribution in [0.25, 0.3) is 11.3 Å². The molecule has 0 unspecified atom stereocenters. The van der Waals surface area contributed by atoms with Gasteiger partial charge >= 0.3 is 0 Å². The van der Waals surface area contributed by atoms with Crippen molar-refractivity contribution in [3.05, 3.63) is 53.5 Å². The summed E-state index contributed by atoms with van der Waals surface area (Å²) in [5, 5.41) is 0. The molecule has 1 N–H and O–H groups in total. The third-order valence-electron chi connectivity index (χ3n) is 6.71. The van der Waals surface area contributed by atoms with E-state index < -0.39 is 11.6 Å². The predicted octanol–water partition coefficient (Wildman–Crippen LogP) is 5.30. The smallest absolute Gasteiger partial charge is 0.226 e. The number of allylic oxidation sites excluding steroid dienone is 2. The molecule has 1 aromatic carbocycles. The van der Waals surface area contributed by atoms with E-state index in [2.05, 4.69) is 43.7 Å². The van der Waals surface area contributed by atoms with Crippen molar-refractivity contribution in [3.63, 3.8) is 0 Å². The maximum atomic E-state index is 13.5. The summed E-state index contributed by atoms with van der Waals surface area (Å²) in [6.45, 7) is 9.96. The number of piperidine rings is 1. The van der Waals surface area contributed by atoms with Gasteiger partial charge in [0, 0.05) is 24.6 Å². The lowest BCUT2D eigenvalue weighted by atomic mass is 9.95. The second-order valence-corrected chi connectivity index (χ2v) is 9.48. The van der Waals surface area contributed by atoms with Crippen LogP contribution in [0.2, 0.25) is 0 Å². The van der Waals surface area contributed by atoms with E-state index in [1.807, 2.05) is 4.90 Å². The molecule has 2 heterocycles. The summed E-state index contributed by atoms with van der Waals surface area (Å²) in [5.74, 6) is 0.0165. The standard InChI is InChI=1S/C24H29F2N3O/c1-14(2)11-17-21(24(17,3)4)23(30)29-9-7-15(8-10-29)22-27-13-20(28-22)16-5-6-18(25)19(26)12-16/h5-6,11-13,15,17,21H,7-10H2,1-4H3,(H,27,28)/t17-,21+/m1/s1. The number of nitrogens with one attached hydrogen (secondary N) is 1. The summed E-state index contributed by atoms with van der Waals surface area (Å²) in [5.41, 5.74) is 2.54. The van der Waals surface area contributed by atoms with E-state index in [0.29, 0.717) is 17.2 Å². The van der Waals surface area contributed by atoms with Crippen LogP contribution >= 0.6 is 0 Å². The van der Waals surface area contributed by atoms with Gasteiger partial charge in [0.2, 0.25) is 5.91 Å². The Hall–Kier alpha value is -2.50. The molecule has 2 aromatic rings. The maximum Gasteiger partial charge on any atom is 0.226 e. The van der Waals surface area contributed by atoms with E-state index in [-0.39, 0.29) is 23.2 Å². The third-order valence-corrected chi connectivity index (χ3v) is 6.71. The van der Waals surface area contributed by atoms with Crippen LogP contribution in [0.3, 0.4) is 0 Å². The molecule has 4 nitrogen and oxygen atoms in total. The molecule has 1 aliphatic carbocycles. The van der Waals surface area contributed by atoms with Gasteiger partial charge in [-0.2, -0.15) is 0 Å². The number of likely N-dealkylation sites (tertiary alicyclic amines) is 1. The Bertz CT molecular complexity index is 982. The Morgan fingerprint density at radius 2 is 1.90 bits per heavy atom. The maximum absolute atomic E-state index is 13.5. The molecule has 0 bridgehead atoms. The van der Waals surface area contributed by atoms with Crippen LogP contribution in [-0.4, -0.2) is 33.9 Å². The highest BCUT2D eigenvalue weighted by molar-refractivity contribution is 5.84. The summed E-state index contributed by atoms with van der Waals surface area (Å²) in [6, 6.07) is 3.84. The third kappa shape index (κ3) is 3.80. The van der Waals surface area contributed by atoms with Gasteiger partial charge in [-0.05, 0) is 56.2 Å². The molecular weight excluding hydrogens is 384 g/mol. The number of rotatable bonds is 4. The molecule has 2 atom stereocenters. The lowest BCUT2D eigenvalue weighted by Gasteiger charge is -2.31. The molecule has 4 rings (SSSR count). The Morgan fingerprint density at radius 3 is 2.53 bits per heavy atom. The van der Waals surface area contributed by atoms with Crippen LogP contribution in [-0.2, 0) is 4.79 Å². The SMILES string of the molecule is CC(C)=C[C@@H]1[C@@H](C(=O)N2CCC(c3ncc(-c4ccc(F)c(F)c4)[nH]3)CC2)C1(C)C. The van der Waals surface area contributed by atoms with Crippen LogP contribution in [0.5, 0.6) is 0 Å². The second kappa shape index (κ2) is 7.64. The Balaban J connectivity index is 1.38. The molecule has 6 heteroatoms. The molecule has 1 saturated carbocycles. The van der Waals surface area contributed by atoms with Gasteiger partial charge in [-0.15, -0.1) is 0 Å². The van der Waals surface area contributed by atoms with Gasteiger partial charge in [0.15, 0.2) is 11.6 Å². The molecule has 1 amide bonds. The Morgan fingerprint density at radius 1 is 1.20 bits per heavy atom. The van der Waals surface area contributed by atoms with Gasteiger partial charge in [0.1, 0.15) is 5.82 Å². The minimum Gasteiger partial charge on any atom is -0.342 e. The van der Waals surface area contributed by atoms with Crippen molar-refractivity contribution in [1.29, 1.82) is 0 Å². The zero-order chi connectivity index (χ0) is 21.6. The van der Waals surface area contributed by atoms with Crippen molar-refractivity contribution in [2.45, 2.75) is 46.5 Å². The van der Waals surface area contributed by atoms with Crippen molar-refractivity contribution >= 4 is 5.91 Å². The van der Waals surface area contributed by atoms with Crippen LogP contribution in [0.4, 0.5) is 8.78 Å². The first-order chi connectivity index (χ1) is 14.2. The fraction of sp³-hybridized carbons (Fsp3) is 0.500. The van der Waals surface area contributed by atoms with Crippen molar-refractivity contribution in [2.75, 3.05) is 13.1 Å². The average molecular weight is 414 g/mol. The number of H-pyrrole nitrogens is 1. The molecule has 0 spiro atoms. The van der Waals surface area contributed by atoms with Crippen LogP contribution in [0.1, 0.15) is 52.3 Å². The topological polar surface area (TPSA) is 49.0 Å². The molecule has 0 radical (unpaired) electrons. The normalized spacial score (nSPS) is 23.3. The number of imidazole rings is 1. The fourth-order valence-electron chi connectivity index (χ4n) is 4.74. The van der Waals surface area contributed by atoms with Gasteiger partial charge in [0.05, 0.1) is 17.8 Å². The summed E-state index contributed by atoms with van der Waals surface area (Å²) >= 11 is 0. The average Bonchev–Trinajstić information content (AvgIpc) is 3.06. The van der Waals surface area contributed by atoms with Crippen LogP contribution in [0.15, 0.2) is 36.0 Å². The first-order valence-corrected chi connectivity index (χ1v) is 10.6. The highest BCUT2D eigenvalue weighted by atomic mass is 19.2. The number of nitrogens with zero attached hydrogens (tertiary/aromatic N) is 2. The number of hydrogen-bond acceptors (Lipinski definition) is 2. The number of benzene rings is 1. The number of aromatic amines is 1. The van der Waals surface area contributed by atoms with Gasteiger partial charge < -0.3 is 9.88 Å².